The second kappa shape index (κ2) is 5.63. The second-order valence-electron chi connectivity index (χ2n) is 3.24. The van der Waals surface area contributed by atoms with Crippen LogP contribution >= 0.6 is 24.4 Å². The van der Waals surface area contributed by atoms with E-state index in [1.807, 2.05) is 4.90 Å². The largest absolute Gasteiger partial charge is 0.285 e. The van der Waals surface area contributed by atoms with Crippen LogP contribution in [0.15, 0.2) is 0 Å². The third-order valence-corrected chi connectivity index (χ3v) is 5.93. The molecule has 84 valence electrons. The van der Waals surface area contributed by atoms with Crippen LogP contribution in [0.1, 0.15) is 6.92 Å². The van der Waals surface area contributed by atoms with Gasteiger partial charge in [-0.1, -0.05) is 6.92 Å². The zero-order valence-corrected chi connectivity index (χ0v) is 10.9. The van der Waals surface area contributed by atoms with E-state index < -0.39 is 9.84 Å². The van der Waals surface area contributed by atoms with Crippen molar-refractivity contribution in [1.29, 1.82) is 0 Å². The Morgan fingerprint density at radius 3 is 2.86 bits per heavy atom. The highest BCUT2D eigenvalue weighted by atomic mass is 32.2. The highest BCUT2D eigenvalue weighted by Crippen LogP contribution is 2.20. The number of thioether (sulfide) groups is 1. The zero-order chi connectivity index (χ0) is 10.6. The monoisotopic (exact) mass is 255 g/mol. The van der Waals surface area contributed by atoms with Crippen LogP contribution in [0.25, 0.3) is 0 Å². The summed E-state index contributed by atoms with van der Waals surface area (Å²) in [4.78, 5) is 2.04. The molecule has 6 heteroatoms. The van der Waals surface area contributed by atoms with E-state index in [1.54, 1.807) is 18.7 Å². The number of sulfone groups is 1. The average Bonchev–Trinajstić information content (AvgIpc) is 2.19. The van der Waals surface area contributed by atoms with Gasteiger partial charge >= 0.3 is 0 Å². The number of hydrogen-bond donors (Lipinski definition) is 1. The molecular formula is C8H17NO2S3. The number of thiol groups is 1. The van der Waals surface area contributed by atoms with Gasteiger partial charge in [0.15, 0.2) is 9.84 Å². The Labute approximate surface area is 96.0 Å². The van der Waals surface area contributed by atoms with Crippen LogP contribution < -0.4 is 0 Å². The SMILES string of the molecule is CCS(=O)(=O)C1CSCCN1CCS. The standard InChI is InChI=1S/C8H17NO2S3/c1-2-14(10,11)8-7-13-6-4-9(8)3-5-12/h8,12H,2-7H2,1H3. The average molecular weight is 255 g/mol. The van der Waals surface area contributed by atoms with Crippen molar-refractivity contribution in [2.24, 2.45) is 0 Å². The number of rotatable bonds is 4. The molecule has 1 fully saturated rings. The first-order chi connectivity index (χ1) is 6.61. The van der Waals surface area contributed by atoms with Gasteiger partial charge < -0.3 is 0 Å². The molecule has 1 heterocycles. The third kappa shape index (κ3) is 3.05. The van der Waals surface area contributed by atoms with E-state index >= 15 is 0 Å². The van der Waals surface area contributed by atoms with E-state index in [4.69, 9.17) is 0 Å². The van der Waals surface area contributed by atoms with Crippen molar-refractivity contribution in [3.8, 4) is 0 Å². The Balaban J connectivity index is 2.72. The predicted molar refractivity (Wildman–Crippen MR) is 66.0 cm³/mol. The summed E-state index contributed by atoms with van der Waals surface area (Å²) in [5.41, 5.74) is 0. The molecule has 1 unspecified atom stereocenters. The molecule has 1 rings (SSSR count). The molecule has 1 saturated heterocycles. The van der Waals surface area contributed by atoms with E-state index in [-0.39, 0.29) is 11.1 Å². The van der Waals surface area contributed by atoms with Crippen molar-refractivity contribution >= 4 is 34.2 Å². The van der Waals surface area contributed by atoms with Crippen molar-refractivity contribution in [2.45, 2.75) is 12.3 Å². The van der Waals surface area contributed by atoms with Crippen molar-refractivity contribution in [3.05, 3.63) is 0 Å². The fourth-order valence-electron chi connectivity index (χ4n) is 1.52. The lowest BCUT2D eigenvalue weighted by atomic mass is 10.5. The molecule has 0 N–H and O–H groups in total. The minimum absolute atomic E-state index is 0.237. The fraction of sp³-hybridized carbons (Fsp3) is 1.00. The Morgan fingerprint density at radius 2 is 2.29 bits per heavy atom. The first-order valence-corrected chi connectivity index (χ1v) is 8.26. The lowest BCUT2D eigenvalue weighted by Gasteiger charge is -2.34. The summed E-state index contributed by atoms with van der Waals surface area (Å²) in [7, 11) is -2.92. The molecule has 0 bridgehead atoms. The molecule has 3 nitrogen and oxygen atoms in total. The third-order valence-electron chi connectivity index (χ3n) is 2.39. The Morgan fingerprint density at radius 1 is 1.57 bits per heavy atom. The maximum Gasteiger partial charge on any atom is 0.166 e. The molecule has 0 aromatic heterocycles. The van der Waals surface area contributed by atoms with E-state index in [0.717, 1.165) is 24.6 Å². The topological polar surface area (TPSA) is 37.4 Å². The van der Waals surface area contributed by atoms with Gasteiger partial charge in [-0.15, -0.1) is 0 Å². The second-order valence-corrected chi connectivity index (χ2v) is 7.28. The lowest BCUT2D eigenvalue weighted by Crippen LogP contribution is -2.48. The molecule has 0 radical (unpaired) electrons. The van der Waals surface area contributed by atoms with Crippen molar-refractivity contribution in [3.63, 3.8) is 0 Å². The summed E-state index contributed by atoms with van der Waals surface area (Å²) in [6.07, 6.45) is 0. The van der Waals surface area contributed by atoms with Crippen LogP contribution in [0.4, 0.5) is 0 Å². The minimum atomic E-state index is -2.92. The molecule has 0 saturated carbocycles. The first kappa shape index (κ1) is 12.7. The van der Waals surface area contributed by atoms with Crippen molar-refractivity contribution in [1.82, 2.24) is 4.90 Å². The van der Waals surface area contributed by atoms with Crippen LogP contribution in [0.2, 0.25) is 0 Å². The smallest absolute Gasteiger partial charge is 0.166 e. The van der Waals surface area contributed by atoms with Gasteiger partial charge in [-0.3, -0.25) is 4.90 Å². The summed E-state index contributed by atoms with van der Waals surface area (Å²) < 4.78 is 23.5. The molecule has 0 spiro atoms. The summed E-state index contributed by atoms with van der Waals surface area (Å²) in [5, 5.41) is -0.279. The number of nitrogens with zero attached hydrogens (tertiary/aromatic N) is 1. The van der Waals surface area contributed by atoms with Crippen LogP contribution in [0, 0.1) is 0 Å². The van der Waals surface area contributed by atoms with Gasteiger partial charge in [0.1, 0.15) is 5.37 Å². The zero-order valence-electron chi connectivity index (χ0n) is 8.35. The van der Waals surface area contributed by atoms with E-state index in [0.29, 0.717) is 5.75 Å². The Hall–Kier alpha value is 0.610. The van der Waals surface area contributed by atoms with Gasteiger partial charge in [0.25, 0.3) is 0 Å². The molecule has 0 amide bonds. The van der Waals surface area contributed by atoms with Gasteiger partial charge in [-0.2, -0.15) is 24.4 Å². The molecule has 0 aliphatic carbocycles. The number of hydrogen-bond acceptors (Lipinski definition) is 5. The summed E-state index contributed by atoms with van der Waals surface area (Å²) in [6.45, 7) is 3.36. The normalized spacial score (nSPS) is 25.1. The Kier molecular flexibility index (Phi) is 5.10. The molecule has 1 aliphatic heterocycles. The van der Waals surface area contributed by atoms with Gasteiger partial charge in [0.2, 0.25) is 0 Å². The first-order valence-electron chi connectivity index (χ1n) is 4.76. The quantitative estimate of drug-likeness (QED) is 0.752. The van der Waals surface area contributed by atoms with Gasteiger partial charge in [-0.25, -0.2) is 8.42 Å². The molecular weight excluding hydrogens is 238 g/mol. The fourth-order valence-corrected chi connectivity index (χ4v) is 4.89. The maximum absolute atomic E-state index is 11.8. The van der Waals surface area contributed by atoms with E-state index in [1.165, 1.54) is 0 Å². The predicted octanol–water partition coefficient (Wildman–Crippen LogP) is 0.726. The van der Waals surface area contributed by atoms with Gasteiger partial charge in [-0.05, 0) is 0 Å². The lowest BCUT2D eigenvalue weighted by molar-refractivity contribution is 0.287. The van der Waals surface area contributed by atoms with Crippen LogP contribution in [0.3, 0.4) is 0 Å². The molecule has 14 heavy (non-hydrogen) atoms. The van der Waals surface area contributed by atoms with Crippen LogP contribution in [0.5, 0.6) is 0 Å². The van der Waals surface area contributed by atoms with Crippen molar-refractivity contribution in [2.75, 3.05) is 36.1 Å². The van der Waals surface area contributed by atoms with E-state index in [9.17, 15) is 8.42 Å². The van der Waals surface area contributed by atoms with Gasteiger partial charge in [0.05, 0.1) is 0 Å². The molecule has 1 aliphatic rings. The highest BCUT2D eigenvalue weighted by Gasteiger charge is 2.31. The minimum Gasteiger partial charge on any atom is -0.285 e. The van der Waals surface area contributed by atoms with Crippen LogP contribution in [-0.2, 0) is 9.84 Å². The maximum atomic E-state index is 11.8. The summed E-state index contributed by atoms with van der Waals surface area (Å²) in [5.74, 6) is 2.70. The van der Waals surface area contributed by atoms with E-state index in [2.05, 4.69) is 12.6 Å². The Bertz CT molecular complexity index is 264. The molecule has 0 aromatic rings. The van der Waals surface area contributed by atoms with Crippen LogP contribution in [-0.4, -0.2) is 54.8 Å². The van der Waals surface area contributed by atoms with Gasteiger partial charge in [0, 0.05) is 36.1 Å². The summed E-state index contributed by atoms with van der Waals surface area (Å²) in [6, 6.07) is 0. The summed E-state index contributed by atoms with van der Waals surface area (Å²) >= 11 is 5.88. The highest BCUT2D eigenvalue weighted by molar-refractivity contribution is 8.01. The molecule has 1 atom stereocenters. The molecule has 0 aromatic carbocycles. The van der Waals surface area contributed by atoms with Crippen molar-refractivity contribution < 1.29 is 8.42 Å².